The fraction of sp³-hybridized carbons (Fsp3) is 0.462. The molecule has 1 saturated heterocycles. The molecule has 1 aromatic rings. The maximum absolute atomic E-state index is 12.1. The molecule has 0 atom stereocenters. The Bertz CT molecular complexity index is 595. The predicted molar refractivity (Wildman–Crippen MR) is 81.3 cm³/mol. The highest BCUT2D eigenvalue weighted by atomic mass is 79.9. The molecule has 1 heterocycles. The van der Waals surface area contributed by atoms with Gasteiger partial charge in [-0.2, -0.15) is 4.31 Å². The Morgan fingerprint density at radius 3 is 2.45 bits per heavy atom. The lowest BCUT2D eigenvalue weighted by atomic mass is 10.1. The second kappa shape index (κ2) is 6.34. The number of Topliss-reactive ketones (excluding diaryl/α,β-unsaturated/α-hetero) is 1. The summed E-state index contributed by atoms with van der Waals surface area (Å²) in [4.78, 5) is 14.1. The van der Waals surface area contributed by atoms with Crippen LogP contribution in [0.15, 0.2) is 28.7 Å². The smallest absolute Gasteiger partial charge is 0.211 e. The summed E-state index contributed by atoms with van der Waals surface area (Å²) in [6.45, 7) is 2.41. The number of piperazine rings is 1. The molecule has 0 radical (unpaired) electrons. The van der Waals surface area contributed by atoms with Gasteiger partial charge in [0.25, 0.3) is 0 Å². The van der Waals surface area contributed by atoms with Gasteiger partial charge in [-0.25, -0.2) is 8.42 Å². The zero-order chi connectivity index (χ0) is 14.8. The van der Waals surface area contributed by atoms with Gasteiger partial charge in [0, 0.05) is 36.2 Å². The molecule has 0 saturated carbocycles. The minimum Gasteiger partial charge on any atom is -0.293 e. The highest BCUT2D eigenvalue weighted by Crippen LogP contribution is 2.13. The van der Waals surface area contributed by atoms with E-state index in [1.165, 1.54) is 10.6 Å². The summed E-state index contributed by atoms with van der Waals surface area (Å²) in [7, 11) is -3.12. The molecule has 0 amide bonds. The van der Waals surface area contributed by atoms with E-state index < -0.39 is 10.0 Å². The van der Waals surface area contributed by atoms with E-state index in [0.717, 1.165) is 4.47 Å². The Morgan fingerprint density at radius 1 is 1.25 bits per heavy atom. The Labute approximate surface area is 127 Å². The van der Waals surface area contributed by atoms with Crippen molar-refractivity contribution in [1.82, 2.24) is 9.21 Å². The van der Waals surface area contributed by atoms with Crippen molar-refractivity contribution < 1.29 is 13.2 Å². The average Bonchev–Trinajstić information content (AvgIpc) is 2.38. The molecule has 1 aliphatic heterocycles. The number of carbonyl (C=O) groups excluding carboxylic acids is 1. The van der Waals surface area contributed by atoms with Crippen LogP contribution in [0.1, 0.15) is 10.4 Å². The molecular formula is C13H17BrN2O3S. The molecule has 110 valence electrons. The fourth-order valence-corrected chi connectivity index (χ4v) is 3.40. The number of carbonyl (C=O) groups is 1. The van der Waals surface area contributed by atoms with E-state index in [0.29, 0.717) is 38.3 Å². The molecule has 2 rings (SSSR count). The first-order chi connectivity index (χ1) is 9.36. The van der Waals surface area contributed by atoms with Crippen molar-refractivity contribution in [3.05, 3.63) is 34.3 Å². The summed E-state index contributed by atoms with van der Waals surface area (Å²) < 4.78 is 25.2. The maximum Gasteiger partial charge on any atom is 0.211 e. The van der Waals surface area contributed by atoms with Crippen molar-refractivity contribution in [2.45, 2.75) is 0 Å². The SMILES string of the molecule is CS(=O)(=O)N1CCN(CC(=O)c2cccc(Br)c2)CC1. The number of halogens is 1. The van der Waals surface area contributed by atoms with Crippen LogP contribution in [0, 0.1) is 0 Å². The topological polar surface area (TPSA) is 57.7 Å². The lowest BCUT2D eigenvalue weighted by Crippen LogP contribution is -2.49. The van der Waals surface area contributed by atoms with Crippen molar-refractivity contribution >= 4 is 31.7 Å². The van der Waals surface area contributed by atoms with E-state index in [9.17, 15) is 13.2 Å². The Morgan fingerprint density at radius 2 is 1.90 bits per heavy atom. The minimum atomic E-state index is -3.12. The van der Waals surface area contributed by atoms with Gasteiger partial charge in [0.1, 0.15) is 0 Å². The molecule has 20 heavy (non-hydrogen) atoms. The molecule has 5 nitrogen and oxygen atoms in total. The van der Waals surface area contributed by atoms with Gasteiger partial charge in [0.15, 0.2) is 5.78 Å². The van der Waals surface area contributed by atoms with Crippen molar-refractivity contribution in [3.63, 3.8) is 0 Å². The van der Waals surface area contributed by atoms with Crippen LogP contribution in [0.5, 0.6) is 0 Å². The number of hydrogen-bond acceptors (Lipinski definition) is 4. The number of rotatable bonds is 4. The normalized spacial score (nSPS) is 18.1. The van der Waals surface area contributed by atoms with E-state index in [2.05, 4.69) is 15.9 Å². The Kier molecular flexibility index (Phi) is 4.95. The fourth-order valence-electron chi connectivity index (χ4n) is 2.18. The first kappa shape index (κ1) is 15.6. The molecule has 0 unspecified atom stereocenters. The standard InChI is InChI=1S/C13H17BrN2O3S/c1-20(18,19)16-7-5-15(6-8-16)10-13(17)11-3-2-4-12(14)9-11/h2-4,9H,5-8,10H2,1H3. The van der Waals surface area contributed by atoms with Crippen LogP contribution in [0.25, 0.3) is 0 Å². The van der Waals surface area contributed by atoms with Crippen LogP contribution in [0.3, 0.4) is 0 Å². The number of benzene rings is 1. The van der Waals surface area contributed by atoms with Gasteiger partial charge in [-0.1, -0.05) is 28.1 Å². The lowest BCUT2D eigenvalue weighted by molar-refractivity contribution is 0.0902. The van der Waals surface area contributed by atoms with Gasteiger partial charge in [0.05, 0.1) is 12.8 Å². The van der Waals surface area contributed by atoms with Gasteiger partial charge >= 0.3 is 0 Å². The molecule has 1 aromatic carbocycles. The van der Waals surface area contributed by atoms with E-state index in [1.54, 1.807) is 12.1 Å². The number of hydrogen-bond donors (Lipinski definition) is 0. The Balaban J connectivity index is 1.91. The highest BCUT2D eigenvalue weighted by molar-refractivity contribution is 9.10. The van der Waals surface area contributed by atoms with Gasteiger partial charge < -0.3 is 0 Å². The largest absolute Gasteiger partial charge is 0.293 e. The molecule has 1 aliphatic rings. The van der Waals surface area contributed by atoms with Crippen LogP contribution in [0.4, 0.5) is 0 Å². The highest BCUT2D eigenvalue weighted by Gasteiger charge is 2.24. The van der Waals surface area contributed by atoms with Crippen molar-refractivity contribution in [2.24, 2.45) is 0 Å². The van der Waals surface area contributed by atoms with Crippen LogP contribution >= 0.6 is 15.9 Å². The monoisotopic (exact) mass is 360 g/mol. The van der Waals surface area contributed by atoms with E-state index in [1.807, 2.05) is 17.0 Å². The van der Waals surface area contributed by atoms with Gasteiger partial charge in [-0.15, -0.1) is 0 Å². The summed E-state index contributed by atoms with van der Waals surface area (Å²) in [6, 6.07) is 7.30. The second-order valence-electron chi connectivity index (χ2n) is 4.87. The third-order valence-corrected chi connectivity index (χ3v) is 5.11. The molecule has 0 bridgehead atoms. The molecule has 0 N–H and O–H groups in total. The van der Waals surface area contributed by atoms with Crippen molar-refractivity contribution in [2.75, 3.05) is 39.0 Å². The van der Waals surface area contributed by atoms with Crippen LogP contribution in [-0.2, 0) is 10.0 Å². The summed E-state index contributed by atoms with van der Waals surface area (Å²) in [5.41, 5.74) is 0.671. The molecule has 0 aromatic heterocycles. The zero-order valence-corrected chi connectivity index (χ0v) is 13.7. The molecule has 7 heteroatoms. The molecule has 1 fully saturated rings. The first-order valence-corrected chi connectivity index (χ1v) is 8.96. The van der Waals surface area contributed by atoms with E-state index in [4.69, 9.17) is 0 Å². The second-order valence-corrected chi connectivity index (χ2v) is 7.77. The third-order valence-electron chi connectivity index (χ3n) is 3.31. The van der Waals surface area contributed by atoms with E-state index in [-0.39, 0.29) is 5.78 Å². The molecule has 0 spiro atoms. The van der Waals surface area contributed by atoms with Gasteiger partial charge in [-0.05, 0) is 12.1 Å². The minimum absolute atomic E-state index is 0.0547. The molecular weight excluding hydrogens is 344 g/mol. The number of sulfonamides is 1. The van der Waals surface area contributed by atoms with Crippen LogP contribution < -0.4 is 0 Å². The average molecular weight is 361 g/mol. The van der Waals surface area contributed by atoms with Crippen LogP contribution in [-0.4, -0.2) is 62.4 Å². The lowest BCUT2D eigenvalue weighted by Gasteiger charge is -2.32. The third kappa shape index (κ3) is 4.12. The maximum atomic E-state index is 12.1. The number of ketones is 1. The summed E-state index contributed by atoms with van der Waals surface area (Å²) in [5.74, 6) is 0.0547. The summed E-state index contributed by atoms with van der Waals surface area (Å²) in [5, 5.41) is 0. The van der Waals surface area contributed by atoms with Gasteiger partial charge in [-0.3, -0.25) is 9.69 Å². The Hall–Kier alpha value is -0.760. The first-order valence-electron chi connectivity index (χ1n) is 6.32. The van der Waals surface area contributed by atoms with Crippen LogP contribution in [0.2, 0.25) is 0 Å². The molecule has 0 aliphatic carbocycles. The number of nitrogens with zero attached hydrogens (tertiary/aromatic N) is 2. The summed E-state index contributed by atoms with van der Waals surface area (Å²) >= 11 is 3.35. The zero-order valence-electron chi connectivity index (χ0n) is 11.3. The quantitative estimate of drug-likeness (QED) is 0.757. The van der Waals surface area contributed by atoms with Crippen molar-refractivity contribution in [3.8, 4) is 0 Å². The van der Waals surface area contributed by atoms with Gasteiger partial charge in [0.2, 0.25) is 10.0 Å². The predicted octanol–water partition coefficient (Wildman–Crippen LogP) is 1.21. The van der Waals surface area contributed by atoms with E-state index >= 15 is 0 Å². The van der Waals surface area contributed by atoms with Crippen molar-refractivity contribution in [1.29, 1.82) is 0 Å². The summed E-state index contributed by atoms with van der Waals surface area (Å²) in [6.07, 6.45) is 1.22.